The van der Waals surface area contributed by atoms with E-state index in [0.29, 0.717) is 37.3 Å². The Hall–Kier alpha value is -2.49. The van der Waals surface area contributed by atoms with Crippen molar-refractivity contribution in [1.29, 1.82) is 0 Å². The predicted molar refractivity (Wildman–Crippen MR) is 131 cm³/mol. The Morgan fingerprint density at radius 1 is 1.23 bits per heavy atom. The molecule has 1 aromatic carbocycles. The molecular weight excluding hydrogens is 476 g/mol. The van der Waals surface area contributed by atoms with Gasteiger partial charge in [0.05, 0.1) is 10.9 Å². The largest absolute Gasteiger partial charge is 0.433 e. The highest BCUT2D eigenvalue weighted by atomic mass is 32.2. The number of hydrogen-bond donors (Lipinski definition) is 1. The molecule has 1 fully saturated rings. The summed E-state index contributed by atoms with van der Waals surface area (Å²) in [5.41, 5.74) is 1.41. The molecule has 10 heteroatoms. The molecule has 0 bridgehead atoms. The lowest BCUT2D eigenvalue weighted by Crippen LogP contribution is -2.34. The topological polar surface area (TPSA) is 90.3 Å². The molecular formula is C25H35F2N3O4S. The van der Waals surface area contributed by atoms with Crippen molar-refractivity contribution in [3.8, 4) is 11.4 Å². The monoisotopic (exact) mass is 511 g/mol. The maximum atomic E-state index is 13.1. The Morgan fingerprint density at radius 3 is 2.46 bits per heavy atom. The van der Waals surface area contributed by atoms with Crippen molar-refractivity contribution in [3.05, 3.63) is 41.5 Å². The van der Waals surface area contributed by atoms with Gasteiger partial charge in [-0.25, -0.2) is 13.4 Å². The number of nitrogens with zero attached hydrogens (tertiary/aromatic N) is 2. The second-order valence-corrected chi connectivity index (χ2v) is 13.0. The van der Waals surface area contributed by atoms with E-state index in [1.165, 1.54) is 12.5 Å². The summed E-state index contributed by atoms with van der Waals surface area (Å²) in [6, 6.07) is 5.18. The van der Waals surface area contributed by atoms with Crippen molar-refractivity contribution in [3.63, 3.8) is 0 Å². The summed E-state index contributed by atoms with van der Waals surface area (Å²) in [5.74, 6) is 0.336. The number of amides is 1. The highest BCUT2D eigenvalue weighted by molar-refractivity contribution is 7.91. The summed E-state index contributed by atoms with van der Waals surface area (Å²) in [4.78, 5) is 17.1. The van der Waals surface area contributed by atoms with Gasteiger partial charge < -0.3 is 10.1 Å². The van der Waals surface area contributed by atoms with Gasteiger partial charge in [-0.3, -0.25) is 9.36 Å². The number of imidazole rings is 1. The van der Waals surface area contributed by atoms with Gasteiger partial charge in [0.2, 0.25) is 0 Å². The SMILES string of the molecule is Cc1nc(C(=O)NCC2CCC(S(C)(=O)=O)CC2)cn1-c1ccc(CC(C)(C)C)cc1OC(F)F. The third-order valence-corrected chi connectivity index (χ3v) is 7.98. The van der Waals surface area contributed by atoms with E-state index in [1.54, 1.807) is 23.6 Å². The van der Waals surface area contributed by atoms with Crippen LogP contribution in [0.2, 0.25) is 0 Å². The molecule has 1 amide bonds. The first-order chi connectivity index (χ1) is 16.2. The van der Waals surface area contributed by atoms with Crippen LogP contribution in [0.5, 0.6) is 5.75 Å². The highest BCUT2D eigenvalue weighted by Gasteiger charge is 2.28. The van der Waals surface area contributed by atoms with Gasteiger partial charge in [0, 0.05) is 19.0 Å². The lowest BCUT2D eigenvalue weighted by atomic mass is 9.88. The van der Waals surface area contributed by atoms with E-state index in [1.807, 2.05) is 6.07 Å². The van der Waals surface area contributed by atoms with Crippen molar-refractivity contribution >= 4 is 15.7 Å². The van der Waals surface area contributed by atoms with Crippen LogP contribution in [-0.4, -0.2) is 48.5 Å². The van der Waals surface area contributed by atoms with Crippen LogP contribution in [0.4, 0.5) is 8.78 Å². The van der Waals surface area contributed by atoms with Crippen LogP contribution in [-0.2, 0) is 16.3 Å². The van der Waals surface area contributed by atoms with Crippen LogP contribution in [0.15, 0.2) is 24.4 Å². The molecule has 2 aromatic rings. The number of carbonyl (C=O) groups is 1. The Balaban J connectivity index is 1.72. The lowest BCUT2D eigenvalue weighted by Gasteiger charge is -2.27. The summed E-state index contributed by atoms with van der Waals surface area (Å²) in [7, 11) is -3.03. The van der Waals surface area contributed by atoms with E-state index in [2.05, 4.69) is 31.1 Å². The van der Waals surface area contributed by atoms with Crippen molar-refractivity contribution < 1.29 is 26.7 Å². The summed E-state index contributed by atoms with van der Waals surface area (Å²) in [6.07, 6.45) is 6.16. The van der Waals surface area contributed by atoms with Gasteiger partial charge in [-0.15, -0.1) is 0 Å². The average Bonchev–Trinajstić information content (AvgIpc) is 3.12. The standard InChI is InChI=1S/C25H35F2N3O4S/c1-16-29-20(23(31)28-14-17-6-9-19(10-7-17)35(5,32)33)15-30(16)21-11-8-18(13-25(2,3)4)12-22(21)34-24(26)27/h8,11-12,15,17,19,24H,6-7,9-10,13-14H2,1-5H3,(H,28,31). The van der Waals surface area contributed by atoms with Gasteiger partial charge in [-0.2, -0.15) is 8.78 Å². The maximum absolute atomic E-state index is 13.1. The molecule has 7 nitrogen and oxygen atoms in total. The zero-order chi connectivity index (χ0) is 26.0. The number of halogens is 2. The molecule has 0 saturated heterocycles. The fraction of sp³-hybridized carbons (Fsp3) is 0.600. The molecule has 194 valence electrons. The Bertz CT molecular complexity index is 1150. The van der Waals surface area contributed by atoms with Crippen LogP contribution < -0.4 is 10.1 Å². The molecule has 1 heterocycles. The minimum absolute atomic E-state index is 0.0240. The van der Waals surface area contributed by atoms with Gasteiger partial charge >= 0.3 is 6.61 Å². The molecule has 0 unspecified atom stereocenters. The van der Waals surface area contributed by atoms with Crippen LogP contribution in [0.25, 0.3) is 5.69 Å². The third-order valence-electron chi connectivity index (χ3n) is 6.30. The Labute approximate surface area is 206 Å². The molecule has 1 aliphatic rings. The molecule has 0 aliphatic heterocycles. The molecule has 1 aromatic heterocycles. The molecule has 35 heavy (non-hydrogen) atoms. The molecule has 1 aliphatic carbocycles. The number of benzene rings is 1. The number of aryl methyl sites for hydroxylation is 1. The highest BCUT2D eigenvalue weighted by Crippen LogP contribution is 2.31. The average molecular weight is 512 g/mol. The number of ether oxygens (including phenoxy) is 1. The van der Waals surface area contributed by atoms with Gasteiger partial charge in [0.25, 0.3) is 5.91 Å². The van der Waals surface area contributed by atoms with E-state index in [-0.39, 0.29) is 33.9 Å². The normalized spacial score (nSPS) is 19.1. The summed E-state index contributed by atoms with van der Waals surface area (Å²) in [6.45, 7) is 5.34. The summed E-state index contributed by atoms with van der Waals surface area (Å²) < 4.78 is 56.1. The van der Waals surface area contributed by atoms with Crippen LogP contribution >= 0.6 is 0 Å². The summed E-state index contributed by atoms with van der Waals surface area (Å²) >= 11 is 0. The fourth-order valence-corrected chi connectivity index (χ4v) is 5.72. The quantitative estimate of drug-likeness (QED) is 0.555. The fourth-order valence-electron chi connectivity index (χ4n) is 4.59. The smallest absolute Gasteiger partial charge is 0.387 e. The van der Waals surface area contributed by atoms with Crippen molar-refractivity contribution in [1.82, 2.24) is 14.9 Å². The number of rotatable bonds is 8. The molecule has 0 atom stereocenters. The summed E-state index contributed by atoms with van der Waals surface area (Å²) in [5, 5.41) is 2.58. The number of hydrogen-bond acceptors (Lipinski definition) is 5. The minimum Gasteiger partial charge on any atom is -0.433 e. The first kappa shape index (κ1) is 27.1. The lowest BCUT2D eigenvalue weighted by molar-refractivity contribution is -0.0499. The molecule has 0 radical (unpaired) electrons. The predicted octanol–water partition coefficient (Wildman–Crippen LogP) is 4.70. The molecule has 3 rings (SSSR count). The second kappa shape index (κ2) is 10.6. The Morgan fingerprint density at radius 2 is 1.89 bits per heavy atom. The number of carbonyl (C=O) groups excluding carboxylic acids is 1. The van der Waals surface area contributed by atoms with Crippen molar-refractivity contribution in [2.45, 2.75) is 71.7 Å². The first-order valence-corrected chi connectivity index (χ1v) is 13.8. The maximum Gasteiger partial charge on any atom is 0.387 e. The van der Waals surface area contributed by atoms with Gasteiger partial charge in [-0.05, 0) is 68.1 Å². The van der Waals surface area contributed by atoms with Crippen LogP contribution in [0.3, 0.4) is 0 Å². The van der Waals surface area contributed by atoms with E-state index < -0.39 is 16.4 Å². The van der Waals surface area contributed by atoms with Crippen molar-refractivity contribution in [2.75, 3.05) is 12.8 Å². The third kappa shape index (κ3) is 7.49. The van der Waals surface area contributed by atoms with Gasteiger partial charge in [-0.1, -0.05) is 26.8 Å². The molecule has 1 N–H and O–H groups in total. The second-order valence-electron chi connectivity index (χ2n) is 10.6. The zero-order valence-corrected chi connectivity index (χ0v) is 21.8. The number of nitrogens with one attached hydrogen (secondary N) is 1. The molecule has 0 spiro atoms. The van der Waals surface area contributed by atoms with Crippen LogP contribution in [0, 0.1) is 18.3 Å². The van der Waals surface area contributed by atoms with Gasteiger partial charge in [0.1, 0.15) is 27.1 Å². The van der Waals surface area contributed by atoms with Crippen LogP contribution in [0.1, 0.15) is 68.3 Å². The number of aromatic nitrogens is 2. The minimum atomic E-state index is -3.03. The van der Waals surface area contributed by atoms with E-state index in [4.69, 9.17) is 4.74 Å². The number of sulfone groups is 1. The zero-order valence-electron chi connectivity index (χ0n) is 21.0. The van der Waals surface area contributed by atoms with E-state index >= 15 is 0 Å². The van der Waals surface area contributed by atoms with E-state index in [9.17, 15) is 22.0 Å². The number of alkyl halides is 2. The Kier molecular flexibility index (Phi) is 8.24. The molecule has 1 saturated carbocycles. The first-order valence-electron chi connectivity index (χ1n) is 11.8. The van der Waals surface area contributed by atoms with Crippen molar-refractivity contribution in [2.24, 2.45) is 11.3 Å². The van der Waals surface area contributed by atoms with Gasteiger partial charge in [0.15, 0.2) is 0 Å². The van der Waals surface area contributed by atoms with E-state index in [0.717, 1.165) is 18.4 Å².